The Morgan fingerprint density at radius 3 is 2.62 bits per heavy atom. The van der Waals surface area contributed by atoms with E-state index in [0.29, 0.717) is 17.0 Å². The SMILES string of the molecule is C/C(=N/NS(=O)(=O)c1cc(C)ccc1C)c1ccccn1. The minimum atomic E-state index is -3.68. The first-order chi connectivity index (χ1) is 9.90. The predicted molar refractivity (Wildman–Crippen MR) is 82.7 cm³/mol. The van der Waals surface area contributed by atoms with Crippen LogP contribution in [0.15, 0.2) is 52.6 Å². The Balaban J connectivity index is 2.28. The van der Waals surface area contributed by atoms with Gasteiger partial charge in [0, 0.05) is 6.20 Å². The number of rotatable bonds is 4. The molecule has 0 saturated carbocycles. The third kappa shape index (κ3) is 3.66. The number of pyridine rings is 1. The molecule has 0 aliphatic heterocycles. The first-order valence-corrected chi connectivity index (χ1v) is 7.93. The van der Waals surface area contributed by atoms with E-state index in [9.17, 15) is 8.42 Å². The van der Waals surface area contributed by atoms with Gasteiger partial charge in [-0.05, 0) is 50.1 Å². The van der Waals surface area contributed by atoms with Crippen LogP contribution < -0.4 is 4.83 Å². The Hall–Kier alpha value is -2.21. The topological polar surface area (TPSA) is 71.4 Å². The Morgan fingerprint density at radius 1 is 1.19 bits per heavy atom. The molecule has 0 bridgehead atoms. The normalized spacial score (nSPS) is 12.2. The number of nitrogens with zero attached hydrogens (tertiary/aromatic N) is 2. The van der Waals surface area contributed by atoms with E-state index in [0.717, 1.165) is 5.56 Å². The molecule has 0 radical (unpaired) electrons. The number of sulfonamides is 1. The highest BCUT2D eigenvalue weighted by molar-refractivity contribution is 7.89. The molecule has 0 spiro atoms. The predicted octanol–water partition coefficient (Wildman–Crippen LogP) is 2.40. The molecule has 0 saturated heterocycles. The molecule has 0 fully saturated rings. The molecule has 110 valence electrons. The van der Waals surface area contributed by atoms with Gasteiger partial charge in [-0.2, -0.15) is 18.4 Å². The molecule has 5 nitrogen and oxygen atoms in total. The van der Waals surface area contributed by atoms with E-state index >= 15 is 0 Å². The molecule has 0 unspecified atom stereocenters. The van der Waals surface area contributed by atoms with Crippen molar-refractivity contribution >= 4 is 15.7 Å². The molecule has 0 aliphatic rings. The Bertz CT molecular complexity index is 769. The Morgan fingerprint density at radius 2 is 1.95 bits per heavy atom. The van der Waals surface area contributed by atoms with Gasteiger partial charge >= 0.3 is 0 Å². The van der Waals surface area contributed by atoms with Gasteiger partial charge in [-0.15, -0.1) is 0 Å². The zero-order valence-corrected chi connectivity index (χ0v) is 13.0. The van der Waals surface area contributed by atoms with Gasteiger partial charge in [0.1, 0.15) is 0 Å². The quantitative estimate of drug-likeness (QED) is 0.696. The fourth-order valence-electron chi connectivity index (χ4n) is 1.81. The molecule has 0 aliphatic carbocycles. The lowest BCUT2D eigenvalue weighted by atomic mass is 10.2. The lowest BCUT2D eigenvalue weighted by Gasteiger charge is -2.08. The summed E-state index contributed by atoms with van der Waals surface area (Å²) in [7, 11) is -3.68. The summed E-state index contributed by atoms with van der Waals surface area (Å²) >= 11 is 0. The molecule has 0 atom stereocenters. The van der Waals surface area contributed by atoms with Crippen LogP contribution in [0, 0.1) is 13.8 Å². The second-order valence-corrected chi connectivity index (χ2v) is 6.41. The maximum absolute atomic E-state index is 12.3. The van der Waals surface area contributed by atoms with Crippen molar-refractivity contribution in [3.05, 3.63) is 59.4 Å². The van der Waals surface area contributed by atoms with Crippen molar-refractivity contribution < 1.29 is 8.42 Å². The molecule has 1 aromatic carbocycles. The minimum Gasteiger partial charge on any atom is -0.255 e. The Labute approximate surface area is 124 Å². The summed E-state index contributed by atoms with van der Waals surface area (Å²) in [5.41, 5.74) is 2.69. The van der Waals surface area contributed by atoms with Crippen LogP contribution in [-0.4, -0.2) is 19.1 Å². The van der Waals surface area contributed by atoms with Gasteiger partial charge < -0.3 is 0 Å². The van der Waals surface area contributed by atoms with E-state index < -0.39 is 10.0 Å². The van der Waals surface area contributed by atoms with Crippen LogP contribution in [0.4, 0.5) is 0 Å². The summed E-state index contributed by atoms with van der Waals surface area (Å²) < 4.78 is 24.6. The molecule has 2 aromatic rings. The van der Waals surface area contributed by atoms with Crippen molar-refractivity contribution in [1.29, 1.82) is 0 Å². The van der Waals surface area contributed by atoms with E-state index in [1.807, 2.05) is 19.1 Å². The lowest BCUT2D eigenvalue weighted by molar-refractivity contribution is 0.583. The van der Waals surface area contributed by atoms with Crippen molar-refractivity contribution in [2.45, 2.75) is 25.7 Å². The molecule has 21 heavy (non-hydrogen) atoms. The zero-order valence-electron chi connectivity index (χ0n) is 12.2. The second kappa shape index (κ2) is 6.05. The average molecular weight is 303 g/mol. The van der Waals surface area contributed by atoms with Gasteiger partial charge in [0.25, 0.3) is 10.0 Å². The van der Waals surface area contributed by atoms with Gasteiger partial charge in [-0.3, -0.25) is 4.98 Å². The second-order valence-electron chi connectivity index (χ2n) is 4.78. The smallest absolute Gasteiger partial charge is 0.255 e. The lowest BCUT2D eigenvalue weighted by Crippen LogP contribution is -2.21. The number of hydrogen-bond donors (Lipinski definition) is 1. The van der Waals surface area contributed by atoms with E-state index in [1.54, 1.807) is 44.3 Å². The van der Waals surface area contributed by atoms with Gasteiger partial charge in [0.05, 0.1) is 16.3 Å². The van der Waals surface area contributed by atoms with Gasteiger partial charge in [0.15, 0.2) is 0 Å². The minimum absolute atomic E-state index is 0.236. The van der Waals surface area contributed by atoms with Crippen LogP contribution in [-0.2, 0) is 10.0 Å². The maximum atomic E-state index is 12.3. The number of aromatic nitrogens is 1. The summed E-state index contributed by atoms with van der Waals surface area (Å²) in [5, 5.41) is 3.93. The molecular formula is C15H17N3O2S. The van der Waals surface area contributed by atoms with Gasteiger partial charge in [-0.1, -0.05) is 18.2 Å². The van der Waals surface area contributed by atoms with Crippen molar-refractivity contribution in [2.75, 3.05) is 0 Å². The number of benzene rings is 1. The van der Waals surface area contributed by atoms with Crippen LogP contribution in [0.25, 0.3) is 0 Å². The molecular weight excluding hydrogens is 286 g/mol. The van der Waals surface area contributed by atoms with Crippen molar-refractivity contribution in [1.82, 2.24) is 9.82 Å². The first kappa shape index (κ1) is 15.2. The van der Waals surface area contributed by atoms with Crippen LogP contribution in [0.1, 0.15) is 23.7 Å². The van der Waals surface area contributed by atoms with Crippen LogP contribution >= 0.6 is 0 Å². The highest BCUT2D eigenvalue weighted by Crippen LogP contribution is 2.16. The summed E-state index contributed by atoms with van der Waals surface area (Å²) in [6, 6.07) is 10.7. The number of hydrazone groups is 1. The third-order valence-electron chi connectivity index (χ3n) is 3.00. The molecule has 2 rings (SSSR count). The number of aryl methyl sites for hydroxylation is 2. The number of hydrogen-bond acceptors (Lipinski definition) is 4. The fourth-order valence-corrected chi connectivity index (χ4v) is 3.00. The van der Waals surface area contributed by atoms with Crippen LogP contribution in [0.2, 0.25) is 0 Å². The van der Waals surface area contributed by atoms with Gasteiger partial charge in [-0.25, -0.2) is 0 Å². The molecule has 1 N–H and O–H groups in total. The third-order valence-corrected chi connectivity index (χ3v) is 4.35. The first-order valence-electron chi connectivity index (χ1n) is 6.45. The van der Waals surface area contributed by atoms with E-state index in [2.05, 4.69) is 14.9 Å². The largest absolute Gasteiger partial charge is 0.276 e. The monoisotopic (exact) mass is 303 g/mol. The highest BCUT2D eigenvalue weighted by Gasteiger charge is 2.16. The van der Waals surface area contributed by atoms with Crippen molar-refractivity contribution in [2.24, 2.45) is 5.10 Å². The van der Waals surface area contributed by atoms with E-state index in [4.69, 9.17) is 0 Å². The fraction of sp³-hybridized carbons (Fsp3) is 0.200. The molecule has 6 heteroatoms. The number of nitrogens with one attached hydrogen (secondary N) is 1. The zero-order chi connectivity index (χ0) is 15.5. The average Bonchev–Trinajstić information content (AvgIpc) is 2.48. The summed E-state index contributed by atoms with van der Waals surface area (Å²) in [4.78, 5) is 6.62. The van der Waals surface area contributed by atoms with Crippen LogP contribution in [0.5, 0.6) is 0 Å². The summed E-state index contributed by atoms with van der Waals surface area (Å²) in [5.74, 6) is 0. The van der Waals surface area contributed by atoms with Gasteiger partial charge in [0.2, 0.25) is 0 Å². The van der Waals surface area contributed by atoms with E-state index in [1.165, 1.54) is 0 Å². The molecule has 0 amide bonds. The maximum Gasteiger partial charge on any atom is 0.276 e. The highest BCUT2D eigenvalue weighted by atomic mass is 32.2. The van der Waals surface area contributed by atoms with Crippen molar-refractivity contribution in [3.63, 3.8) is 0 Å². The standard InChI is InChI=1S/C15H17N3O2S/c1-11-7-8-12(2)15(10-11)21(19,20)18-17-13(3)14-6-4-5-9-16-14/h4-10,18H,1-3H3/b17-13-. The van der Waals surface area contributed by atoms with Crippen molar-refractivity contribution in [3.8, 4) is 0 Å². The molecule has 1 aromatic heterocycles. The summed E-state index contributed by atoms with van der Waals surface area (Å²) in [6.07, 6.45) is 1.63. The molecule has 1 heterocycles. The van der Waals surface area contributed by atoms with E-state index in [-0.39, 0.29) is 4.90 Å². The summed E-state index contributed by atoms with van der Waals surface area (Å²) in [6.45, 7) is 5.30. The Kier molecular flexibility index (Phi) is 4.37. The van der Waals surface area contributed by atoms with Crippen LogP contribution in [0.3, 0.4) is 0 Å².